The summed E-state index contributed by atoms with van der Waals surface area (Å²) < 4.78 is 33.6. The minimum absolute atomic E-state index is 0.00943. The summed E-state index contributed by atoms with van der Waals surface area (Å²) >= 11 is 5.90. The van der Waals surface area contributed by atoms with Gasteiger partial charge in [0.05, 0.1) is 16.0 Å². The number of amides is 1. The van der Waals surface area contributed by atoms with Crippen molar-refractivity contribution >= 4 is 50.2 Å². The van der Waals surface area contributed by atoms with Crippen LogP contribution in [0.25, 0.3) is 10.8 Å². The van der Waals surface area contributed by atoms with Crippen LogP contribution in [0.15, 0.2) is 94.9 Å². The Bertz CT molecular complexity index is 1730. The molecule has 1 heterocycles. The number of non-ortho nitro benzene ring substituents is 1. The topological polar surface area (TPSA) is 131 Å². The van der Waals surface area contributed by atoms with Gasteiger partial charge in [0.15, 0.2) is 0 Å². The first-order valence-electron chi connectivity index (χ1n) is 12.7. The largest absolute Gasteiger partial charge is 0.488 e. The van der Waals surface area contributed by atoms with E-state index in [1.807, 2.05) is 30.3 Å². The summed E-state index contributed by atoms with van der Waals surface area (Å²) in [5, 5.41) is 17.3. The highest BCUT2D eigenvalue weighted by Gasteiger charge is 2.39. The van der Waals surface area contributed by atoms with Crippen molar-refractivity contribution in [2.45, 2.75) is 30.4 Å². The first-order valence-corrected chi connectivity index (χ1v) is 14.5. The molecule has 0 unspecified atom stereocenters. The van der Waals surface area contributed by atoms with Crippen molar-refractivity contribution in [3.05, 3.63) is 111 Å². The van der Waals surface area contributed by atoms with E-state index in [0.29, 0.717) is 29.2 Å². The van der Waals surface area contributed by atoms with Crippen LogP contribution in [0.4, 0.5) is 5.69 Å². The number of nitrogens with one attached hydrogen (secondary N) is 1. The highest BCUT2D eigenvalue weighted by molar-refractivity contribution is 7.89. The van der Waals surface area contributed by atoms with Gasteiger partial charge >= 0.3 is 0 Å². The second kappa shape index (κ2) is 12.0. The molecule has 1 fully saturated rings. The number of carbonyl (C=O) groups excluding carboxylic acids is 1. The fourth-order valence-corrected chi connectivity index (χ4v) is 6.46. The first-order chi connectivity index (χ1) is 19.7. The van der Waals surface area contributed by atoms with Crippen LogP contribution in [-0.2, 0) is 21.4 Å². The first kappa shape index (κ1) is 28.2. The van der Waals surface area contributed by atoms with Crippen molar-refractivity contribution in [1.82, 2.24) is 9.73 Å². The molecule has 1 N–H and O–H groups in total. The summed E-state index contributed by atoms with van der Waals surface area (Å²) in [5.41, 5.74) is 3.85. The molecule has 4 aromatic rings. The van der Waals surface area contributed by atoms with Crippen LogP contribution in [0.3, 0.4) is 0 Å². The van der Waals surface area contributed by atoms with E-state index in [2.05, 4.69) is 10.5 Å². The van der Waals surface area contributed by atoms with Crippen molar-refractivity contribution < 1.29 is 22.9 Å². The maximum Gasteiger partial charge on any atom is 0.269 e. The number of benzene rings is 4. The van der Waals surface area contributed by atoms with E-state index in [1.165, 1.54) is 46.9 Å². The lowest BCUT2D eigenvalue weighted by atomic mass is 10.0. The molecule has 0 aromatic heterocycles. The highest BCUT2D eigenvalue weighted by atomic mass is 35.5. The molecule has 0 saturated carbocycles. The molecule has 41 heavy (non-hydrogen) atoms. The smallest absolute Gasteiger partial charge is 0.269 e. The highest BCUT2D eigenvalue weighted by Crippen LogP contribution is 2.29. The van der Waals surface area contributed by atoms with Crippen LogP contribution in [0.5, 0.6) is 5.75 Å². The molecule has 12 heteroatoms. The van der Waals surface area contributed by atoms with Crippen molar-refractivity contribution in [1.29, 1.82) is 0 Å². The van der Waals surface area contributed by atoms with Gasteiger partial charge in [0.2, 0.25) is 10.0 Å². The van der Waals surface area contributed by atoms with Crippen molar-refractivity contribution in [3.8, 4) is 5.75 Å². The maximum absolute atomic E-state index is 13.2. The van der Waals surface area contributed by atoms with Gasteiger partial charge < -0.3 is 4.74 Å². The van der Waals surface area contributed by atoms with Crippen LogP contribution in [-0.4, -0.2) is 42.4 Å². The third-order valence-corrected chi connectivity index (χ3v) is 8.94. The molecule has 210 valence electrons. The Morgan fingerprint density at radius 2 is 1.80 bits per heavy atom. The van der Waals surface area contributed by atoms with Crippen LogP contribution in [0, 0.1) is 10.1 Å². The third kappa shape index (κ3) is 6.22. The Morgan fingerprint density at radius 1 is 1.07 bits per heavy atom. The molecule has 4 aromatic carbocycles. The lowest BCUT2D eigenvalue weighted by molar-refractivity contribution is -0.384. The van der Waals surface area contributed by atoms with Crippen molar-refractivity contribution in [2.24, 2.45) is 5.10 Å². The molecule has 1 aliphatic rings. The summed E-state index contributed by atoms with van der Waals surface area (Å²) in [4.78, 5) is 23.6. The third-order valence-electron chi connectivity index (χ3n) is 6.77. The van der Waals surface area contributed by atoms with E-state index < -0.39 is 26.9 Å². The number of rotatable bonds is 9. The molecule has 1 aliphatic heterocycles. The minimum atomic E-state index is -3.90. The number of hydrogen-bond donors (Lipinski definition) is 1. The maximum atomic E-state index is 13.2. The summed E-state index contributed by atoms with van der Waals surface area (Å²) in [7, 11) is -3.90. The molecule has 0 bridgehead atoms. The number of sulfonamides is 1. The number of fused-ring (bicyclic) bond motifs is 1. The number of hydrazone groups is 1. The number of ether oxygens (including phenoxy) is 1. The zero-order valence-electron chi connectivity index (χ0n) is 21.6. The van der Waals surface area contributed by atoms with E-state index in [-0.39, 0.29) is 23.7 Å². The van der Waals surface area contributed by atoms with Gasteiger partial charge in [0.1, 0.15) is 18.4 Å². The number of halogens is 1. The Labute approximate surface area is 241 Å². The molecule has 10 nitrogen and oxygen atoms in total. The van der Waals surface area contributed by atoms with E-state index in [9.17, 15) is 23.3 Å². The van der Waals surface area contributed by atoms with Crippen LogP contribution >= 0.6 is 11.6 Å². The lowest BCUT2D eigenvalue weighted by Crippen LogP contribution is -2.44. The number of carbonyl (C=O) groups is 1. The zero-order valence-corrected chi connectivity index (χ0v) is 23.2. The Balaban J connectivity index is 1.34. The molecular formula is C29H25ClN4O6S. The standard InChI is InChI=1S/C29H25ClN4O6S/c30-22-10-14-24(15-11-22)41(38,39)33-17-3-6-27(33)29(35)32-31-18-26-25-5-2-1-4-21(25)9-16-28(26)40-19-20-7-12-23(13-8-20)34(36)37/h1-2,4-5,7-16,18,27H,3,6,17,19H2,(H,32,35)/b31-18-/t27-/m1/s1. The van der Waals surface area contributed by atoms with E-state index >= 15 is 0 Å². The summed E-state index contributed by atoms with van der Waals surface area (Å²) in [6.45, 7) is 0.375. The summed E-state index contributed by atoms with van der Waals surface area (Å²) in [5.74, 6) is -0.0438. The molecular weight excluding hydrogens is 568 g/mol. The van der Waals surface area contributed by atoms with Crippen LogP contribution in [0.2, 0.25) is 5.02 Å². The minimum Gasteiger partial charge on any atom is -0.488 e. The fourth-order valence-electron chi connectivity index (χ4n) is 4.68. The van der Waals surface area contributed by atoms with Crippen LogP contribution < -0.4 is 10.2 Å². The number of nitro benzene ring substituents is 1. The van der Waals surface area contributed by atoms with Gasteiger partial charge in [0.25, 0.3) is 11.6 Å². The van der Waals surface area contributed by atoms with E-state index in [0.717, 1.165) is 16.3 Å². The van der Waals surface area contributed by atoms with Crippen molar-refractivity contribution in [3.63, 3.8) is 0 Å². The Hall–Kier alpha value is -4.32. The average Bonchev–Trinajstić information content (AvgIpc) is 3.48. The lowest BCUT2D eigenvalue weighted by Gasteiger charge is -2.22. The number of nitrogens with zero attached hydrogens (tertiary/aromatic N) is 3. The second-order valence-electron chi connectivity index (χ2n) is 9.37. The van der Waals surface area contributed by atoms with Gasteiger partial charge in [-0.25, -0.2) is 13.8 Å². The molecule has 1 atom stereocenters. The number of nitro groups is 1. The van der Waals surface area contributed by atoms with Gasteiger partial charge in [-0.05, 0) is 71.6 Å². The monoisotopic (exact) mass is 592 g/mol. The normalized spacial score (nSPS) is 15.8. The molecule has 1 saturated heterocycles. The van der Waals surface area contributed by atoms with Crippen LogP contribution in [0.1, 0.15) is 24.0 Å². The molecule has 0 radical (unpaired) electrons. The summed E-state index contributed by atoms with van der Waals surface area (Å²) in [6.07, 6.45) is 2.38. The van der Waals surface area contributed by atoms with E-state index in [4.69, 9.17) is 16.3 Å². The second-order valence-corrected chi connectivity index (χ2v) is 11.7. The Kier molecular flexibility index (Phi) is 8.29. The van der Waals surface area contributed by atoms with E-state index in [1.54, 1.807) is 18.2 Å². The quantitative estimate of drug-likeness (QED) is 0.160. The average molecular weight is 593 g/mol. The van der Waals surface area contributed by atoms with Gasteiger partial charge in [-0.1, -0.05) is 41.9 Å². The predicted molar refractivity (Wildman–Crippen MR) is 155 cm³/mol. The molecule has 1 amide bonds. The number of hydrogen-bond acceptors (Lipinski definition) is 7. The van der Waals surface area contributed by atoms with Gasteiger partial charge in [-0.2, -0.15) is 9.41 Å². The predicted octanol–water partition coefficient (Wildman–Crippen LogP) is 5.28. The van der Waals surface area contributed by atoms with Gasteiger partial charge in [0, 0.05) is 29.3 Å². The molecule has 0 spiro atoms. The zero-order chi connectivity index (χ0) is 29.0. The summed E-state index contributed by atoms with van der Waals surface area (Å²) in [6, 6.07) is 22.3. The van der Waals surface area contributed by atoms with Gasteiger partial charge in [-0.3, -0.25) is 14.9 Å². The van der Waals surface area contributed by atoms with Gasteiger partial charge in [-0.15, -0.1) is 0 Å². The SMILES string of the molecule is O=C(N/N=C\c1c(OCc2ccc([N+](=O)[O-])cc2)ccc2ccccc12)[C@H]1CCCN1S(=O)(=O)c1ccc(Cl)cc1. The molecule has 5 rings (SSSR count). The fraction of sp³-hybridized carbons (Fsp3) is 0.172. The Morgan fingerprint density at radius 3 is 2.54 bits per heavy atom. The van der Waals surface area contributed by atoms with Crippen molar-refractivity contribution in [2.75, 3.05) is 6.54 Å². The molecule has 0 aliphatic carbocycles.